The fourth-order valence-corrected chi connectivity index (χ4v) is 2.83. The van der Waals surface area contributed by atoms with E-state index in [4.69, 9.17) is 4.74 Å². The SMILES string of the molecule is COc1ccc(C2(C)NC(=O)N(CC(=O)c3ccc(F)cc3)C2=O)cc1. The first kappa shape index (κ1) is 17.6. The Labute approximate surface area is 149 Å². The Kier molecular flexibility index (Phi) is 4.46. The monoisotopic (exact) mass is 356 g/mol. The molecule has 0 bridgehead atoms. The Morgan fingerprint density at radius 3 is 2.31 bits per heavy atom. The van der Waals surface area contributed by atoms with Crippen LogP contribution in [0.5, 0.6) is 5.75 Å². The van der Waals surface area contributed by atoms with Crippen molar-refractivity contribution < 1.29 is 23.5 Å². The summed E-state index contributed by atoms with van der Waals surface area (Å²) in [5, 5.41) is 2.63. The molecule has 0 saturated carbocycles. The van der Waals surface area contributed by atoms with Gasteiger partial charge in [-0.1, -0.05) is 12.1 Å². The molecule has 1 aliphatic heterocycles. The van der Waals surface area contributed by atoms with Gasteiger partial charge in [0.15, 0.2) is 5.78 Å². The summed E-state index contributed by atoms with van der Waals surface area (Å²) in [6.07, 6.45) is 0. The van der Waals surface area contributed by atoms with Crippen molar-refractivity contribution in [2.45, 2.75) is 12.5 Å². The quantitative estimate of drug-likeness (QED) is 0.660. The third-order valence-corrected chi connectivity index (χ3v) is 4.41. The predicted molar refractivity (Wildman–Crippen MR) is 91.3 cm³/mol. The summed E-state index contributed by atoms with van der Waals surface area (Å²) >= 11 is 0. The summed E-state index contributed by atoms with van der Waals surface area (Å²) in [5.41, 5.74) is -0.467. The number of nitrogens with one attached hydrogen (secondary N) is 1. The van der Waals surface area contributed by atoms with Crippen molar-refractivity contribution in [2.75, 3.05) is 13.7 Å². The fourth-order valence-electron chi connectivity index (χ4n) is 2.83. The van der Waals surface area contributed by atoms with Gasteiger partial charge in [0.25, 0.3) is 5.91 Å². The Bertz CT molecular complexity index is 864. The lowest BCUT2D eigenvalue weighted by Gasteiger charge is -2.22. The molecule has 1 fully saturated rings. The lowest BCUT2D eigenvalue weighted by molar-refractivity contribution is -0.130. The van der Waals surface area contributed by atoms with Crippen LogP contribution < -0.4 is 10.1 Å². The van der Waals surface area contributed by atoms with Gasteiger partial charge in [-0.05, 0) is 48.9 Å². The minimum atomic E-state index is -1.27. The predicted octanol–water partition coefficient (Wildman–Crippen LogP) is 2.48. The van der Waals surface area contributed by atoms with Gasteiger partial charge >= 0.3 is 6.03 Å². The van der Waals surface area contributed by atoms with Gasteiger partial charge in [0.1, 0.15) is 17.1 Å². The maximum atomic E-state index is 13.0. The van der Waals surface area contributed by atoms with Crippen molar-refractivity contribution in [3.8, 4) is 5.75 Å². The maximum absolute atomic E-state index is 13.0. The topological polar surface area (TPSA) is 75.7 Å². The summed E-state index contributed by atoms with van der Waals surface area (Å²) in [6, 6.07) is 11.0. The molecule has 1 aliphatic rings. The second kappa shape index (κ2) is 6.59. The number of ketones is 1. The van der Waals surface area contributed by atoms with Gasteiger partial charge in [-0.25, -0.2) is 9.18 Å². The van der Waals surface area contributed by atoms with E-state index in [1.165, 1.54) is 19.2 Å². The van der Waals surface area contributed by atoms with Crippen LogP contribution in [0.1, 0.15) is 22.8 Å². The third-order valence-electron chi connectivity index (χ3n) is 4.41. The van der Waals surface area contributed by atoms with Crippen molar-refractivity contribution in [3.05, 3.63) is 65.5 Å². The standard InChI is InChI=1S/C19H17FN2O4/c1-19(13-5-9-15(26-2)10-6-13)17(24)22(18(25)21-19)11-16(23)12-3-7-14(20)8-4-12/h3-10H,11H2,1-2H3,(H,21,25). The second-order valence-electron chi connectivity index (χ2n) is 6.11. The van der Waals surface area contributed by atoms with Crippen LogP contribution >= 0.6 is 0 Å². The van der Waals surface area contributed by atoms with Crippen LogP contribution in [0.15, 0.2) is 48.5 Å². The second-order valence-corrected chi connectivity index (χ2v) is 6.11. The molecule has 0 aliphatic carbocycles. The number of urea groups is 1. The van der Waals surface area contributed by atoms with Crippen molar-refractivity contribution in [2.24, 2.45) is 0 Å². The molecule has 1 saturated heterocycles. The molecule has 3 amide bonds. The molecular formula is C19H17FN2O4. The smallest absolute Gasteiger partial charge is 0.325 e. The number of carbonyl (C=O) groups is 3. The van der Waals surface area contributed by atoms with Crippen molar-refractivity contribution in [1.29, 1.82) is 0 Å². The zero-order valence-corrected chi connectivity index (χ0v) is 14.3. The van der Waals surface area contributed by atoms with Crippen LogP contribution in [0, 0.1) is 5.82 Å². The largest absolute Gasteiger partial charge is 0.497 e. The Hall–Kier alpha value is -3.22. The van der Waals surface area contributed by atoms with Gasteiger partial charge in [0.05, 0.1) is 13.7 Å². The average Bonchev–Trinajstić information content (AvgIpc) is 2.86. The summed E-state index contributed by atoms with van der Waals surface area (Å²) in [5.74, 6) is -0.823. The molecule has 1 N–H and O–H groups in total. The number of rotatable bonds is 5. The molecule has 1 heterocycles. The van der Waals surface area contributed by atoms with Gasteiger partial charge in [-0.3, -0.25) is 14.5 Å². The molecule has 0 radical (unpaired) electrons. The number of amides is 3. The Morgan fingerprint density at radius 2 is 1.73 bits per heavy atom. The number of hydrogen-bond acceptors (Lipinski definition) is 4. The molecule has 1 atom stereocenters. The number of nitrogens with zero attached hydrogens (tertiary/aromatic N) is 1. The zero-order valence-electron chi connectivity index (χ0n) is 14.3. The first-order valence-corrected chi connectivity index (χ1v) is 7.92. The lowest BCUT2D eigenvalue weighted by atomic mass is 9.92. The Morgan fingerprint density at radius 1 is 1.12 bits per heavy atom. The molecule has 26 heavy (non-hydrogen) atoms. The fraction of sp³-hybridized carbons (Fsp3) is 0.211. The highest BCUT2D eigenvalue weighted by Gasteiger charge is 2.49. The van der Waals surface area contributed by atoms with E-state index in [0.717, 1.165) is 17.0 Å². The van der Waals surface area contributed by atoms with Crippen molar-refractivity contribution in [3.63, 3.8) is 0 Å². The number of ether oxygens (including phenoxy) is 1. The van der Waals surface area contributed by atoms with Crippen LogP contribution in [0.3, 0.4) is 0 Å². The number of halogens is 1. The number of carbonyl (C=O) groups excluding carboxylic acids is 3. The van der Waals surface area contributed by atoms with Gasteiger partial charge in [0, 0.05) is 5.56 Å². The van der Waals surface area contributed by atoms with Crippen molar-refractivity contribution >= 4 is 17.7 Å². The number of imide groups is 1. The molecule has 1 unspecified atom stereocenters. The van der Waals surface area contributed by atoms with E-state index in [-0.39, 0.29) is 5.56 Å². The molecule has 2 aromatic rings. The van der Waals surface area contributed by atoms with E-state index >= 15 is 0 Å². The van der Waals surface area contributed by atoms with E-state index in [1.807, 2.05) is 0 Å². The first-order valence-electron chi connectivity index (χ1n) is 7.92. The summed E-state index contributed by atoms with van der Waals surface area (Å²) in [4.78, 5) is 38.3. The molecule has 6 nitrogen and oxygen atoms in total. The molecule has 134 valence electrons. The zero-order chi connectivity index (χ0) is 18.9. The molecular weight excluding hydrogens is 339 g/mol. The Balaban J connectivity index is 1.81. The van der Waals surface area contributed by atoms with Crippen LogP contribution in [-0.4, -0.2) is 36.3 Å². The van der Waals surface area contributed by atoms with Gasteiger partial charge in [-0.2, -0.15) is 0 Å². The van der Waals surface area contributed by atoms with E-state index < -0.39 is 35.6 Å². The summed E-state index contributed by atoms with van der Waals surface area (Å²) < 4.78 is 18.1. The summed E-state index contributed by atoms with van der Waals surface area (Å²) in [6.45, 7) is 1.17. The normalized spacial score (nSPS) is 19.4. The first-order chi connectivity index (χ1) is 12.3. The molecule has 2 aromatic carbocycles. The minimum Gasteiger partial charge on any atom is -0.497 e. The molecule has 7 heteroatoms. The highest BCUT2D eigenvalue weighted by Crippen LogP contribution is 2.30. The third kappa shape index (κ3) is 3.03. The average molecular weight is 356 g/mol. The maximum Gasteiger partial charge on any atom is 0.325 e. The van der Waals surface area contributed by atoms with E-state index in [1.54, 1.807) is 31.2 Å². The van der Waals surface area contributed by atoms with Gasteiger partial charge in [0.2, 0.25) is 0 Å². The highest BCUT2D eigenvalue weighted by atomic mass is 19.1. The number of Topliss-reactive ketones (excluding diaryl/α,β-unsaturated/α-hetero) is 1. The number of benzene rings is 2. The molecule has 0 aromatic heterocycles. The van der Waals surface area contributed by atoms with Crippen LogP contribution in [-0.2, 0) is 10.3 Å². The molecule has 3 rings (SSSR count). The minimum absolute atomic E-state index is 0.227. The van der Waals surface area contributed by atoms with Crippen molar-refractivity contribution in [1.82, 2.24) is 10.2 Å². The highest BCUT2D eigenvalue weighted by molar-refractivity contribution is 6.11. The van der Waals surface area contributed by atoms with Crippen LogP contribution in [0.4, 0.5) is 9.18 Å². The van der Waals surface area contributed by atoms with Crippen LogP contribution in [0.25, 0.3) is 0 Å². The van der Waals surface area contributed by atoms with E-state index in [0.29, 0.717) is 11.3 Å². The van der Waals surface area contributed by atoms with E-state index in [2.05, 4.69) is 5.32 Å². The van der Waals surface area contributed by atoms with E-state index in [9.17, 15) is 18.8 Å². The van der Waals surface area contributed by atoms with Crippen LogP contribution in [0.2, 0.25) is 0 Å². The number of hydrogen-bond donors (Lipinski definition) is 1. The molecule has 0 spiro atoms. The summed E-state index contributed by atoms with van der Waals surface area (Å²) in [7, 11) is 1.53. The van der Waals surface area contributed by atoms with Gasteiger partial charge in [-0.15, -0.1) is 0 Å². The number of methoxy groups -OCH3 is 1. The van der Waals surface area contributed by atoms with Gasteiger partial charge < -0.3 is 10.1 Å². The lowest BCUT2D eigenvalue weighted by Crippen LogP contribution is -2.41.